The second-order valence-corrected chi connectivity index (χ2v) is 8.75. The summed E-state index contributed by atoms with van der Waals surface area (Å²) in [4.78, 5) is 29.9. The average molecular weight is 520 g/mol. The van der Waals surface area contributed by atoms with Crippen LogP contribution in [0, 0.1) is 5.82 Å². The van der Waals surface area contributed by atoms with E-state index in [1.807, 2.05) is 6.07 Å². The third-order valence-corrected chi connectivity index (χ3v) is 6.28. The molecular weight excluding hydrogens is 497 g/mol. The van der Waals surface area contributed by atoms with E-state index in [0.29, 0.717) is 33.8 Å². The quantitative estimate of drug-likeness (QED) is 0.283. The largest absolute Gasteiger partial charge is 0.465 e. The second-order valence-electron chi connectivity index (χ2n) is 8.37. The minimum Gasteiger partial charge on any atom is -0.465 e. The van der Waals surface area contributed by atoms with Gasteiger partial charge in [-0.05, 0) is 54.2 Å². The van der Waals surface area contributed by atoms with Crippen LogP contribution < -0.4 is 20.3 Å². The maximum Gasteiger partial charge on any atom is 0.339 e. The molecule has 0 saturated carbocycles. The van der Waals surface area contributed by atoms with Crippen molar-refractivity contribution in [2.45, 2.75) is 13.1 Å². The molecule has 0 bridgehead atoms. The predicted molar refractivity (Wildman–Crippen MR) is 140 cm³/mol. The van der Waals surface area contributed by atoms with Crippen LogP contribution in [0.15, 0.2) is 71.5 Å². The summed E-state index contributed by atoms with van der Waals surface area (Å²) in [6.07, 6.45) is 0. The number of hydrogen-bond acceptors (Lipinski definition) is 6. The van der Waals surface area contributed by atoms with Gasteiger partial charge in [-0.2, -0.15) is 0 Å². The molecule has 0 unspecified atom stereocenters. The number of hydrogen-bond donors (Lipinski definition) is 2. The Balaban J connectivity index is 1.48. The number of aromatic amines is 1. The highest BCUT2D eigenvalue weighted by Gasteiger charge is 2.19. The summed E-state index contributed by atoms with van der Waals surface area (Å²) in [5.41, 5.74) is 2.35. The molecule has 8 nitrogen and oxygen atoms in total. The molecule has 1 aliphatic heterocycles. The van der Waals surface area contributed by atoms with Crippen LogP contribution in [0.2, 0.25) is 0 Å². The van der Waals surface area contributed by atoms with Gasteiger partial charge in [-0.3, -0.25) is 4.79 Å². The van der Waals surface area contributed by atoms with Gasteiger partial charge in [-0.25, -0.2) is 9.18 Å². The van der Waals surface area contributed by atoms with Crippen LogP contribution in [0.4, 0.5) is 10.1 Å². The van der Waals surface area contributed by atoms with Crippen LogP contribution in [0.25, 0.3) is 10.9 Å². The molecule has 1 aromatic heterocycles. The summed E-state index contributed by atoms with van der Waals surface area (Å²) in [6, 6.07) is 18.2. The van der Waals surface area contributed by atoms with Crippen LogP contribution in [0.1, 0.15) is 21.5 Å². The Morgan fingerprint density at radius 3 is 2.57 bits per heavy atom. The van der Waals surface area contributed by atoms with Crippen LogP contribution in [0.5, 0.6) is 11.5 Å². The van der Waals surface area contributed by atoms with Crippen molar-refractivity contribution in [3.8, 4) is 11.5 Å². The lowest BCUT2D eigenvalue weighted by atomic mass is 10.1. The molecule has 37 heavy (non-hydrogen) atoms. The first-order valence-electron chi connectivity index (χ1n) is 11.3. The number of nitrogens with one attached hydrogen (secondary N) is 2. The molecule has 2 heterocycles. The van der Waals surface area contributed by atoms with Gasteiger partial charge in [0.25, 0.3) is 5.56 Å². The van der Waals surface area contributed by atoms with E-state index >= 15 is 0 Å². The zero-order valence-corrected chi connectivity index (χ0v) is 20.6. The SMILES string of the molecule is COC(=O)c1ccccc1NC(=S)N(Cc1ccc(F)cc1)Cc1cc2cc3c(cc2[nH]c1=O)OCO3. The number of rotatable bonds is 6. The number of carbonyl (C=O) groups is 1. The topological polar surface area (TPSA) is 92.9 Å². The van der Waals surface area contributed by atoms with Gasteiger partial charge in [0, 0.05) is 23.6 Å². The zero-order chi connectivity index (χ0) is 25.9. The number of thiocarbonyl (C=S) groups is 1. The van der Waals surface area contributed by atoms with Gasteiger partial charge >= 0.3 is 5.97 Å². The number of carbonyl (C=O) groups excluding carboxylic acids is 1. The Morgan fingerprint density at radius 2 is 1.81 bits per heavy atom. The summed E-state index contributed by atoms with van der Waals surface area (Å²) in [7, 11) is 1.30. The number of esters is 1. The van der Waals surface area contributed by atoms with E-state index in [2.05, 4.69) is 10.3 Å². The monoisotopic (exact) mass is 519 g/mol. The number of aromatic nitrogens is 1. The van der Waals surface area contributed by atoms with Crippen molar-refractivity contribution in [1.82, 2.24) is 9.88 Å². The highest BCUT2D eigenvalue weighted by Crippen LogP contribution is 2.35. The highest BCUT2D eigenvalue weighted by molar-refractivity contribution is 7.80. The molecule has 1 aliphatic rings. The Bertz CT molecular complexity index is 1550. The lowest BCUT2D eigenvalue weighted by Crippen LogP contribution is -2.36. The first-order valence-corrected chi connectivity index (χ1v) is 11.8. The van der Waals surface area contributed by atoms with Crippen LogP contribution in [-0.4, -0.2) is 34.9 Å². The smallest absolute Gasteiger partial charge is 0.339 e. The Labute approximate surface area is 216 Å². The van der Waals surface area contributed by atoms with Gasteiger partial charge in [0.1, 0.15) is 5.82 Å². The molecule has 0 atom stereocenters. The van der Waals surface area contributed by atoms with Crippen molar-refractivity contribution < 1.29 is 23.4 Å². The van der Waals surface area contributed by atoms with E-state index in [4.69, 9.17) is 26.4 Å². The van der Waals surface area contributed by atoms with E-state index in [1.165, 1.54) is 19.2 Å². The third-order valence-electron chi connectivity index (χ3n) is 5.92. The van der Waals surface area contributed by atoms with Crippen molar-refractivity contribution in [1.29, 1.82) is 0 Å². The van der Waals surface area contributed by atoms with E-state index in [-0.39, 0.29) is 36.4 Å². The molecule has 4 aromatic rings. The molecule has 0 fully saturated rings. The second kappa shape index (κ2) is 10.3. The van der Waals surface area contributed by atoms with Crippen LogP contribution in [-0.2, 0) is 17.8 Å². The summed E-state index contributed by atoms with van der Waals surface area (Å²) in [6.45, 7) is 0.551. The number of fused-ring (bicyclic) bond motifs is 2. The number of halogens is 1. The molecule has 0 amide bonds. The van der Waals surface area contributed by atoms with Crippen molar-refractivity contribution in [3.05, 3.63) is 99.6 Å². The fourth-order valence-electron chi connectivity index (χ4n) is 4.05. The fraction of sp³-hybridized carbons (Fsp3) is 0.148. The highest BCUT2D eigenvalue weighted by atomic mass is 32.1. The zero-order valence-electron chi connectivity index (χ0n) is 19.7. The lowest BCUT2D eigenvalue weighted by molar-refractivity contribution is 0.0602. The Hall–Kier alpha value is -4.44. The average Bonchev–Trinajstić information content (AvgIpc) is 3.35. The van der Waals surface area contributed by atoms with E-state index in [9.17, 15) is 14.0 Å². The standard InChI is InChI=1S/C27H22FN3O5S/c1-34-26(33)20-4-2-3-5-21(20)30-27(37)31(13-16-6-8-19(28)9-7-16)14-18-10-17-11-23-24(36-15-35-23)12-22(17)29-25(18)32/h2-12H,13-15H2,1H3,(H,29,32)(H,30,37). The first-order chi connectivity index (χ1) is 17.9. The molecule has 0 saturated heterocycles. The molecule has 188 valence electrons. The number of nitrogens with zero attached hydrogens (tertiary/aromatic N) is 1. The van der Waals surface area contributed by atoms with Gasteiger partial charge in [0.15, 0.2) is 16.6 Å². The number of para-hydroxylation sites is 1. The fourth-order valence-corrected chi connectivity index (χ4v) is 4.29. The predicted octanol–water partition coefficient (Wildman–Crippen LogP) is 4.58. The number of anilines is 1. The van der Waals surface area contributed by atoms with Gasteiger partial charge in [-0.1, -0.05) is 24.3 Å². The normalized spacial score (nSPS) is 11.8. The molecule has 0 spiro atoms. The van der Waals surface area contributed by atoms with E-state index in [0.717, 1.165) is 10.9 Å². The number of ether oxygens (including phenoxy) is 3. The van der Waals surface area contributed by atoms with Gasteiger partial charge < -0.3 is 29.4 Å². The Kier molecular flexibility index (Phi) is 6.74. The summed E-state index contributed by atoms with van der Waals surface area (Å²) in [5, 5.41) is 4.14. The minimum absolute atomic E-state index is 0.126. The number of pyridine rings is 1. The van der Waals surface area contributed by atoms with Crippen molar-refractivity contribution in [3.63, 3.8) is 0 Å². The maximum absolute atomic E-state index is 13.5. The third kappa shape index (κ3) is 5.24. The maximum atomic E-state index is 13.5. The molecular formula is C27H22FN3O5S. The molecule has 3 aromatic carbocycles. The molecule has 0 radical (unpaired) electrons. The molecule has 5 rings (SSSR count). The van der Waals surface area contributed by atoms with Crippen molar-refractivity contribution in [2.24, 2.45) is 0 Å². The molecule has 2 N–H and O–H groups in total. The molecule has 10 heteroatoms. The first kappa shape index (κ1) is 24.3. The van der Waals surface area contributed by atoms with Crippen molar-refractivity contribution >= 4 is 39.9 Å². The van der Waals surface area contributed by atoms with Gasteiger partial charge in [0.2, 0.25) is 6.79 Å². The summed E-state index contributed by atoms with van der Waals surface area (Å²) < 4.78 is 29.2. The van der Waals surface area contributed by atoms with Crippen molar-refractivity contribution in [2.75, 3.05) is 19.2 Å². The van der Waals surface area contributed by atoms with Gasteiger partial charge in [0.05, 0.1) is 30.4 Å². The summed E-state index contributed by atoms with van der Waals surface area (Å²) >= 11 is 5.71. The Morgan fingerprint density at radius 1 is 1.08 bits per heavy atom. The number of H-pyrrole nitrogens is 1. The number of methoxy groups -OCH3 is 1. The van der Waals surface area contributed by atoms with Gasteiger partial charge in [-0.15, -0.1) is 0 Å². The minimum atomic E-state index is -0.513. The number of benzene rings is 3. The summed E-state index contributed by atoms with van der Waals surface area (Å²) in [5.74, 6) is 0.308. The molecule has 0 aliphatic carbocycles. The van der Waals surface area contributed by atoms with E-state index < -0.39 is 5.97 Å². The lowest BCUT2D eigenvalue weighted by Gasteiger charge is -2.26. The van der Waals surface area contributed by atoms with Crippen LogP contribution in [0.3, 0.4) is 0 Å². The van der Waals surface area contributed by atoms with E-state index in [1.54, 1.807) is 53.4 Å². The van der Waals surface area contributed by atoms with Crippen LogP contribution >= 0.6 is 12.2 Å².